The number of ether oxygens (including phenoxy) is 1. The number of H-pyrrole nitrogens is 1. The monoisotopic (exact) mass is 546 g/mol. The second-order valence-electron chi connectivity index (χ2n) is 9.15. The zero-order valence-corrected chi connectivity index (χ0v) is 21.1. The Hall–Kier alpha value is -4.68. The lowest BCUT2D eigenvalue weighted by Crippen LogP contribution is -2.43. The lowest BCUT2D eigenvalue weighted by molar-refractivity contribution is -0.274. The van der Waals surface area contributed by atoms with Gasteiger partial charge in [0.15, 0.2) is 5.82 Å². The van der Waals surface area contributed by atoms with Crippen molar-refractivity contribution < 1.29 is 37.4 Å². The van der Waals surface area contributed by atoms with Gasteiger partial charge in [0.05, 0.1) is 11.5 Å². The number of hydrogen-bond donors (Lipinski definition) is 4. The van der Waals surface area contributed by atoms with Crippen LogP contribution in [0, 0.1) is 5.92 Å². The predicted octanol–water partition coefficient (Wildman–Crippen LogP) is 3.45. The predicted molar refractivity (Wildman–Crippen MR) is 133 cm³/mol. The minimum atomic E-state index is -4.78. The fraction of sp³-hybridized carbons (Fsp3) is 0.269. The molecule has 0 saturated heterocycles. The molecule has 1 heterocycles. The largest absolute Gasteiger partial charge is 0.573 e. The van der Waals surface area contributed by atoms with Gasteiger partial charge in [-0.2, -0.15) is 0 Å². The number of benzene rings is 2. The van der Waals surface area contributed by atoms with Crippen LogP contribution in [0.5, 0.6) is 5.75 Å². The Morgan fingerprint density at radius 1 is 1.00 bits per heavy atom. The van der Waals surface area contributed by atoms with Gasteiger partial charge in [-0.25, -0.2) is 4.98 Å². The van der Waals surface area contributed by atoms with Crippen LogP contribution >= 0.6 is 0 Å². The molecule has 1 atom stereocenters. The molecule has 0 aliphatic heterocycles. The fourth-order valence-electron chi connectivity index (χ4n) is 3.44. The summed E-state index contributed by atoms with van der Waals surface area (Å²) < 4.78 is 41.0. The number of amides is 2. The summed E-state index contributed by atoms with van der Waals surface area (Å²) in [5.41, 5.74) is -0.108. The number of carbonyl (C=O) groups excluding carboxylic acids is 2. The van der Waals surface area contributed by atoms with Gasteiger partial charge in [-0.1, -0.05) is 43.3 Å². The number of aliphatic carboxylic acids is 1. The summed E-state index contributed by atoms with van der Waals surface area (Å²) in [6.45, 7) is 4.63. The van der Waals surface area contributed by atoms with E-state index in [1.165, 1.54) is 31.2 Å². The quantitative estimate of drug-likeness (QED) is 0.321. The van der Waals surface area contributed by atoms with E-state index in [2.05, 4.69) is 25.3 Å². The number of halogens is 3. The summed E-state index contributed by atoms with van der Waals surface area (Å²) >= 11 is 0. The Bertz CT molecular complexity index is 1420. The zero-order valence-electron chi connectivity index (χ0n) is 21.1. The lowest BCUT2D eigenvalue weighted by Gasteiger charge is -2.27. The summed E-state index contributed by atoms with van der Waals surface area (Å²) in [4.78, 5) is 54.3. The second kappa shape index (κ2) is 11.4. The van der Waals surface area contributed by atoms with Crippen molar-refractivity contribution in [2.24, 2.45) is 5.92 Å². The SMILES string of the molecule is C[C@@H](CNC(=O)c1ncc(C(=O)NC(C)(C)c2ccc(-c3ccc(OC(F)(F)F)cc3)cc2)c(=O)[nH]1)C(=O)O. The molecule has 0 fully saturated rings. The van der Waals surface area contributed by atoms with Crippen LogP contribution in [0.25, 0.3) is 11.1 Å². The van der Waals surface area contributed by atoms with Crippen molar-refractivity contribution in [2.75, 3.05) is 6.54 Å². The molecule has 0 aliphatic carbocycles. The molecule has 0 aliphatic rings. The summed E-state index contributed by atoms with van der Waals surface area (Å²) in [6.07, 6.45) is -3.83. The van der Waals surface area contributed by atoms with E-state index in [4.69, 9.17) is 5.11 Å². The van der Waals surface area contributed by atoms with Gasteiger partial charge >= 0.3 is 12.3 Å². The molecule has 2 amide bonds. The van der Waals surface area contributed by atoms with Crippen molar-refractivity contribution in [2.45, 2.75) is 32.7 Å². The van der Waals surface area contributed by atoms with Gasteiger partial charge in [0.2, 0.25) is 0 Å². The van der Waals surface area contributed by atoms with Gasteiger partial charge in [0.1, 0.15) is 11.3 Å². The third-order valence-electron chi connectivity index (χ3n) is 5.70. The van der Waals surface area contributed by atoms with Crippen LogP contribution in [-0.2, 0) is 10.3 Å². The molecule has 13 heteroatoms. The summed E-state index contributed by atoms with van der Waals surface area (Å²) in [6, 6.07) is 12.3. The maximum atomic E-state index is 12.8. The number of aromatic amines is 1. The first-order chi connectivity index (χ1) is 18.2. The number of carbonyl (C=O) groups is 3. The normalized spacial score (nSPS) is 12.4. The van der Waals surface area contributed by atoms with E-state index in [1.807, 2.05) is 0 Å². The van der Waals surface area contributed by atoms with Crippen LogP contribution in [0.4, 0.5) is 13.2 Å². The van der Waals surface area contributed by atoms with Crippen LogP contribution in [0.15, 0.2) is 59.5 Å². The first kappa shape index (κ1) is 28.9. The first-order valence-electron chi connectivity index (χ1n) is 11.6. The van der Waals surface area contributed by atoms with Crippen LogP contribution in [0.1, 0.15) is 47.3 Å². The molecule has 0 unspecified atom stereocenters. The molecule has 3 aromatic rings. The Morgan fingerprint density at radius 3 is 2.08 bits per heavy atom. The Balaban J connectivity index is 1.68. The number of aromatic nitrogens is 2. The van der Waals surface area contributed by atoms with Crippen LogP contribution in [0.2, 0.25) is 0 Å². The summed E-state index contributed by atoms with van der Waals surface area (Å²) in [5.74, 6) is -4.20. The van der Waals surface area contributed by atoms with Crippen LogP contribution in [0.3, 0.4) is 0 Å². The van der Waals surface area contributed by atoms with Crippen molar-refractivity contribution in [3.63, 3.8) is 0 Å². The summed E-state index contributed by atoms with van der Waals surface area (Å²) in [5, 5.41) is 14.0. The van der Waals surface area contributed by atoms with E-state index in [0.717, 1.165) is 6.20 Å². The number of nitrogens with zero attached hydrogens (tertiary/aromatic N) is 1. The van der Waals surface area contributed by atoms with Gasteiger partial charge in [-0.15, -0.1) is 13.2 Å². The van der Waals surface area contributed by atoms with E-state index < -0.39 is 41.2 Å². The van der Waals surface area contributed by atoms with Crippen molar-refractivity contribution in [1.82, 2.24) is 20.6 Å². The average molecular weight is 547 g/mol. The number of hydrogen-bond acceptors (Lipinski definition) is 6. The minimum absolute atomic E-state index is 0.176. The number of carboxylic acids is 1. The number of carboxylic acid groups (broad SMARTS) is 1. The van der Waals surface area contributed by atoms with Crippen molar-refractivity contribution >= 4 is 17.8 Å². The highest BCUT2D eigenvalue weighted by Gasteiger charge is 2.31. The molecule has 10 nitrogen and oxygen atoms in total. The molecule has 0 radical (unpaired) electrons. The first-order valence-corrected chi connectivity index (χ1v) is 11.6. The molecule has 0 spiro atoms. The molecular formula is C26H25F3N4O6. The van der Waals surface area contributed by atoms with Gasteiger partial charge in [0.25, 0.3) is 17.4 Å². The maximum absolute atomic E-state index is 12.8. The Kier molecular flexibility index (Phi) is 8.42. The maximum Gasteiger partial charge on any atom is 0.573 e. The molecule has 0 saturated carbocycles. The summed E-state index contributed by atoms with van der Waals surface area (Å²) in [7, 11) is 0. The molecule has 4 N–H and O–H groups in total. The second-order valence-corrected chi connectivity index (χ2v) is 9.15. The highest BCUT2D eigenvalue weighted by molar-refractivity contribution is 5.95. The number of nitrogens with one attached hydrogen (secondary N) is 3. The van der Waals surface area contributed by atoms with Gasteiger partial charge in [0, 0.05) is 12.7 Å². The average Bonchev–Trinajstić information content (AvgIpc) is 2.86. The molecular weight excluding hydrogens is 521 g/mol. The van der Waals surface area contributed by atoms with Gasteiger partial charge < -0.3 is 25.5 Å². The molecule has 3 rings (SSSR count). The zero-order chi connectivity index (χ0) is 29.0. The van der Waals surface area contributed by atoms with Gasteiger partial charge in [-0.05, 0) is 42.7 Å². The molecule has 206 valence electrons. The van der Waals surface area contributed by atoms with Crippen LogP contribution in [-0.4, -0.2) is 45.8 Å². The smallest absolute Gasteiger partial charge is 0.481 e. The van der Waals surface area contributed by atoms with Crippen molar-refractivity contribution in [3.05, 3.63) is 82.0 Å². The Morgan fingerprint density at radius 2 is 1.56 bits per heavy atom. The third-order valence-corrected chi connectivity index (χ3v) is 5.70. The van der Waals surface area contributed by atoms with Crippen molar-refractivity contribution in [1.29, 1.82) is 0 Å². The topological polar surface area (TPSA) is 150 Å². The number of alkyl halides is 3. The van der Waals surface area contributed by atoms with Gasteiger partial charge in [-0.3, -0.25) is 19.2 Å². The van der Waals surface area contributed by atoms with Crippen molar-refractivity contribution in [3.8, 4) is 16.9 Å². The third kappa shape index (κ3) is 7.66. The van der Waals surface area contributed by atoms with E-state index in [0.29, 0.717) is 16.7 Å². The van der Waals surface area contributed by atoms with E-state index in [1.54, 1.807) is 38.1 Å². The van der Waals surface area contributed by atoms with E-state index in [9.17, 15) is 32.3 Å². The standard InChI is InChI=1S/C26H25F3N4O6/c1-14(24(37)38)12-31-23(36)20-30-13-19(21(34)32-20)22(35)33-25(2,3)17-8-4-15(5-9-17)16-6-10-18(11-7-16)39-26(27,28)29/h4-11,13-14H,12H2,1-3H3,(H,31,36)(H,33,35)(H,37,38)(H,30,32,34)/t14-/m0/s1. The molecule has 2 aromatic carbocycles. The number of rotatable bonds is 9. The van der Waals surface area contributed by atoms with Crippen LogP contribution < -0.4 is 20.9 Å². The van der Waals surface area contributed by atoms with E-state index in [-0.39, 0.29) is 23.7 Å². The van der Waals surface area contributed by atoms with E-state index >= 15 is 0 Å². The molecule has 1 aromatic heterocycles. The highest BCUT2D eigenvalue weighted by Crippen LogP contribution is 2.28. The molecule has 39 heavy (non-hydrogen) atoms. The fourth-order valence-corrected chi connectivity index (χ4v) is 3.44. The minimum Gasteiger partial charge on any atom is -0.481 e. The molecule has 0 bridgehead atoms. The Labute approximate surface area is 220 Å². The lowest BCUT2D eigenvalue weighted by atomic mass is 9.92. The highest BCUT2D eigenvalue weighted by atomic mass is 19.4.